The highest BCUT2D eigenvalue weighted by atomic mass is 32.2. The highest BCUT2D eigenvalue weighted by molar-refractivity contribution is 7.97. The van der Waals surface area contributed by atoms with Gasteiger partial charge in [-0.15, -0.1) is 0 Å². The molecule has 1 N–H and O–H groups in total. The smallest absolute Gasteiger partial charge is 0.417 e. The number of methoxy groups -OCH3 is 1. The molecule has 0 saturated carbocycles. The van der Waals surface area contributed by atoms with Crippen molar-refractivity contribution in [3.05, 3.63) is 83.7 Å². The first kappa shape index (κ1) is 22.8. The molecule has 0 spiro atoms. The Morgan fingerprint density at radius 2 is 1.81 bits per heavy atom. The van der Waals surface area contributed by atoms with E-state index in [1.54, 1.807) is 18.3 Å². The summed E-state index contributed by atoms with van der Waals surface area (Å²) in [6, 6.07) is 14.6. The molecule has 0 aliphatic carbocycles. The zero-order valence-electron chi connectivity index (χ0n) is 17.2. The monoisotopic (exact) mass is 446 g/mol. The van der Waals surface area contributed by atoms with Crippen molar-refractivity contribution in [2.24, 2.45) is 0 Å². The number of aromatic nitrogens is 1. The van der Waals surface area contributed by atoms with Crippen molar-refractivity contribution in [1.29, 1.82) is 0 Å². The summed E-state index contributed by atoms with van der Waals surface area (Å²) in [5.74, 6) is -0.495. The van der Waals surface area contributed by atoms with Crippen LogP contribution in [0.4, 0.5) is 13.2 Å². The summed E-state index contributed by atoms with van der Waals surface area (Å²) in [6.07, 6.45) is -1.40. The van der Waals surface area contributed by atoms with Gasteiger partial charge in [-0.25, -0.2) is 9.52 Å². The van der Waals surface area contributed by atoms with Crippen LogP contribution in [0.5, 0.6) is 0 Å². The Morgan fingerprint density at radius 1 is 1.06 bits per heavy atom. The Labute approximate surface area is 183 Å². The minimum absolute atomic E-state index is 0.0985. The number of halogens is 3. The van der Waals surface area contributed by atoms with Gasteiger partial charge < -0.3 is 4.74 Å². The lowest BCUT2D eigenvalue weighted by Gasteiger charge is -2.27. The van der Waals surface area contributed by atoms with Crippen LogP contribution in [0.15, 0.2) is 71.9 Å². The Hall–Kier alpha value is -2.84. The Bertz CT molecular complexity index is 1080. The number of ether oxygens (including phenoxy) is 1. The summed E-state index contributed by atoms with van der Waals surface area (Å²) in [7, 11) is 1.30. The second-order valence-electron chi connectivity index (χ2n) is 7.32. The number of alkyl halides is 3. The maximum absolute atomic E-state index is 13.3. The molecule has 0 atom stereocenters. The van der Waals surface area contributed by atoms with E-state index in [0.717, 1.165) is 29.1 Å². The van der Waals surface area contributed by atoms with Gasteiger partial charge >= 0.3 is 12.1 Å². The van der Waals surface area contributed by atoms with Crippen LogP contribution in [0.3, 0.4) is 0 Å². The summed E-state index contributed by atoms with van der Waals surface area (Å²) >= 11 is 0.935. The van der Waals surface area contributed by atoms with E-state index in [9.17, 15) is 18.0 Å². The van der Waals surface area contributed by atoms with E-state index in [0.29, 0.717) is 11.1 Å². The topological polar surface area (TPSA) is 51.2 Å². The van der Waals surface area contributed by atoms with Gasteiger partial charge in [0.2, 0.25) is 0 Å². The SMILES string of the molecule is COC(=O)c1cnccc1-c1cccc(C(C)(C)NSc2ccccc2C(F)(F)F)c1. The van der Waals surface area contributed by atoms with E-state index in [2.05, 4.69) is 9.71 Å². The number of carbonyl (C=O) groups excluding carboxylic acids is 1. The summed E-state index contributed by atoms with van der Waals surface area (Å²) in [5.41, 5.74) is 1.26. The van der Waals surface area contributed by atoms with Crippen molar-refractivity contribution in [1.82, 2.24) is 9.71 Å². The minimum atomic E-state index is -4.43. The molecule has 3 rings (SSSR count). The normalized spacial score (nSPS) is 11.9. The molecule has 4 nitrogen and oxygen atoms in total. The number of hydrogen-bond donors (Lipinski definition) is 1. The Morgan fingerprint density at radius 3 is 2.52 bits per heavy atom. The predicted molar refractivity (Wildman–Crippen MR) is 114 cm³/mol. The molecule has 2 aromatic carbocycles. The highest BCUT2D eigenvalue weighted by Crippen LogP contribution is 2.37. The van der Waals surface area contributed by atoms with E-state index >= 15 is 0 Å². The van der Waals surface area contributed by atoms with Crippen LogP contribution in [-0.2, 0) is 16.5 Å². The van der Waals surface area contributed by atoms with Gasteiger partial charge in [-0.05, 0) is 66.8 Å². The average Bonchev–Trinajstić information content (AvgIpc) is 2.77. The molecule has 0 unspecified atom stereocenters. The van der Waals surface area contributed by atoms with Gasteiger partial charge in [0.15, 0.2) is 0 Å². The molecule has 0 bridgehead atoms. The standard InChI is InChI=1S/C23H21F3N2O2S/c1-22(2,28-31-20-10-5-4-9-19(20)23(24,25)26)16-8-6-7-15(13-16)17-11-12-27-14-18(17)21(29)30-3/h4-14,28H,1-3H3. The lowest BCUT2D eigenvalue weighted by molar-refractivity contribution is -0.139. The number of pyridine rings is 1. The summed E-state index contributed by atoms with van der Waals surface area (Å²) in [5, 5.41) is 0. The summed E-state index contributed by atoms with van der Waals surface area (Å²) in [6.45, 7) is 3.76. The maximum atomic E-state index is 13.3. The first-order valence-electron chi connectivity index (χ1n) is 9.37. The molecule has 1 aromatic heterocycles. The number of nitrogens with zero attached hydrogens (tertiary/aromatic N) is 1. The molecule has 0 fully saturated rings. The molecule has 0 aliphatic heterocycles. The van der Waals surface area contributed by atoms with Gasteiger partial charge in [0.25, 0.3) is 0 Å². The van der Waals surface area contributed by atoms with Crippen molar-refractivity contribution >= 4 is 17.9 Å². The third kappa shape index (κ3) is 5.26. The van der Waals surface area contributed by atoms with E-state index in [4.69, 9.17) is 4.74 Å². The molecule has 0 amide bonds. The highest BCUT2D eigenvalue weighted by Gasteiger charge is 2.34. The van der Waals surface area contributed by atoms with Crippen molar-refractivity contribution in [3.8, 4) is 11.1 Å². The first-order valence-corrected chi connectivity index (χ1v) is 10.2. The fraction of sp³-hybridized carbons (Fsp3) is 0.217. The van der Waals surface area contributed by atoms with Crippen molar-refractivity contribution in [2.45, 2.75) is 30.5 Å². The lowest BCUT2D eigenvalue weighted by atomic mass is 9.91. The van der Waals surface area contributed by atoms with Crippen LogP contribution >= 0.6 is 11.9 Å². The van der Waals surface area contributed by atoms with Gasteiger partial charge in [-0.1, -0.05) is 30.3 Å². The van der Waals surface area contributed by atoms with Crippen LogP contribution in [-0.4, -0.2) is 18.1 Å². The minimum Gasteiger partial charge on any atom is -0.465 e. The molecule has 0 aliphatic rings. The van der Waals surface area contributed by atoms with Crippen LogP contribution < -0.4 is 4.72 Å². The molecular formula is C23H21F3N2O2S. The fourth-order valence-corrected chi connectivity index (χ4v) is 3.95. The number of carbonyl (C=O) groups is 1. The predicted octanol–water partition coefficient (Wildman–Crippen LogP) is 6.09. The van der Waals surface area contributed by atoms with E-state index in [1.165, 1.54) is 25.4 Å². The zero-order chi connectivity index (χ0) is 22.6. The Balaban J connectivity index is 1.89. The molecule has 1 heterocycles. The quantitative estimate of drug-likeness (QED) is 0.367. The summed E-state index contributed by atoms with van der Waals surface area (Å²) in [4.78, 5) is 16.2. The lowest BCUT2D eigenvalue weighted by Crippen LogP contribution is -2.31. The van der Waals surface area contributed by atoms with Crippen LogP contribution in [0.1, 0.15) is 35.3 Å². The summed E-state index contributed by atoms with van der Waals surface area (Å²) < 4.78 is 47.8. The molecule has 3 aromatic rings. The largest absolute Gasteiger partial charge is 0.465 e. The van der Waals surface area contributed by atoms with E-state index in [-0.39, 0.29) is 4.90 Å². The van der Waals surface area contributed by atoms with Crippen molar-refractivity contribution in [2.75, 3.05) is 7.11 Å². The molecule has 0 radical (unpaired) electrons. The van der Waals surface area contributed by atoms with E-state index < -0.39 is 23.2 Å². The van der Waals surface area contributed by atoms with Gasteiger partial charge in [0.1, 0.15) is 0 Å². The van der Waals surface area contributed by atoms with Gasteiger partial charge in [-0.3, -0.25) is 4.98 Å². The van der Waals surface area contributed by atoms with Gasteiger partial charge in [0.05, 0.1) is 18.2 Å². The average molecular weight is 446 g/mol. The zero-order valence-corrected chi connectivity index (χ0v) is 18.0. The molecular weight excluding hydrogens is 425 g/mol. The van der Waals surface area contributed by atoms with Gasteiger partial charge in [0, 0.05) is 22.8 Å². The maximum Gasteiger partial charge on any atom is 0.417 e. The molecule has 162 valence electrons. The third-order valence-electron chi connectivity index (χ3n) is 4.73. The first-order chi connectivity index (χ1) is 14.6. The van der Waals surface area contributed by atoms with Crippen molar-refractivity contribution in [3.63, 3.8) is 0 Å². The molecule has 0 saturated heterocycles. The van der Waals surface area contributed by atoms with Crippen LogP contribution in [0.2, 0.25) is 0 Å². The second kappa shape index (κ2) is 9.11. The molecule has 31 heavy (non-hydrogen) atoms. The van der Waals surface area contributed by atoms with Crippen LogP contribution in [0, 0.1) is 0 Å². The van der Waals surface area contributed by atoms with Crippen molar-refractivity contribution < 1.29 is 22.7 Å². The number of nitrogens with one attached hydrogen (secondary N) is 1. The third-order valence-corrected chi connectivity index (χ3v) is 5.92. The number of hydrogen-bond acceptors (Lipinski definition) is 5. The van der Waals surface area contributed by atoms with Gasteiger partial charge in [-0.2, -0.15) is 13.2 Å². The van der Waals surface area contributed by atoms with E-state index in [1.807, 2.05) is 38.1 Å². The number of benzene rings is 2. The Kier molecular flexibility index (Phi) is 6.71. The fourth-order valence-electron chi connectivity index (χ4n) is 3.03. The molecule has 8 heteroatoms. The van der Waals surface area contributed by atoms with Crippen LogP contribution in [0.25, 0.3) is 11.1 Å². The number of esters is 1. The second-order valence-corrected chi connectivity index (χ2v) is 8.16. The number of rotatable bonds is 6.